The highest BCUT2D eigenvalue weighted by molar-refractivity contribution is 14.1. The molecule has 0 aromatic carbocycles. The normalized spacial score (nSPS) is 10.0. The van der Waals surface area contributed by atoms with Gasteiger partial charge >= 0.3 is 0 Å². The summed E-state index contributed by atoms with van der Waals surface area (Å²) in [5.41, 5.74) is 0.958. The van der Waals surface area contributed by atoms with Crippen molar-refractivity contribution in [3.63, 3.8) is 0 Å². The molecule has 0 unspecified atom stereocenters. The highest BCUT2D eigenvalue weighted by atomic mass is 127. The first-order valence-corrected chi connectivity index (χ1v) is 4.84. The molecule has 0 fully saturated rings. The van der Waals surface area contributed by atoms with Crippen LogP contribution in [0.1, 0.15) is 5.69 Å². The first-order chi connectivity index (χ1) is 4.61. The molecule has 0 saturated heterocycles. The average Bonchev–Trinajstić information content (AvgIpc) is 1.82. The third-order valence-corrected chi connectivity index (χ3v) is 3.97. The Kier molecular flexibility index (Phi) is 2.94. The summed E-state index contributed by atoms with van der Waals surface area (Å²) in [6, 6.07) is 1.79. The molecule has 4 heteroatoms. The van der Waals surface area contributed by atoms with Gasteiger partial charge in [-0.1, -0.05) is 11.6 Å². The van der Waals surface area contributed by atoms with Crippen molar-refractivity contribution < 1.29 is 0 Å². The average molecular weight is 332 g/mol. The Morgan fingerprint density at radius 3 is 2.80 bits per heavy atom. The van der Waals surface area contributed by atoms with Gasteiger partial charge in [0.05, 0.1) is 5.69 Å². The van der Waals surface area contributed by atoms with Gasteiger partial charge < -0.3 is 0 Å². The van der Waals surface area contributed by atoms with Crippen molar-refractivity contribution in [2.75, 3.05) is 0 Å². The Balaban J connectivity index is 3.31. The summed E-state index contributed by atoms with van der Waals surface area (Å²) in [6.07, 6.45) is 0. The van der Waals surface area contributed by atoms with Gasteiger partial charge in [-0.2, -0.15) is 0 Å². The molecule has 10 heavy (non-hydrogen) atoms. The molecule has 0 radical (unpaired) electrons. The lowest BCUT2D eigenvalue weighted by molar-refractivity contribution is 1.17. The molecule has 1 nitrogen and oxygen atoms in total. The molecule has 54 valence electrons. The number of nitrogens with zero attached hydrogens (tertiary/aromatic N) is 1. The molecule has 0 bridgehead atoms. The topological polar surface area (TPSA) is 12.9 Å². The molecule has 1 aromatic heterocycles. The van der Waals surface area contributed by atoms with Gasteiger partial charge in [0, 0.05) is 8.04 Å². The summed E-state index contributed by atoms with van der Waals surface area (Å²) in [5.74, 6) is 0. The Morgan fingerprint density at radius 2 is 2.30 bits per heavy atom. The fourth-order valence-corrected chi connectivity index (χ4v) is 1.73. The van der Waals surface area contributed by atoms with Crippen LogP contribution in [0.25, 0.3) is 0 Å². The minimum atomic E-state index is 0.532. The van der Waals surface area contributed by atoms with Gasteiger partial charge in [0.2, 0.25) is 0 Å². The summed E-state index contributed by atoms with van der Waals surface area (Å²) in [5, 5.41) is 0.532. The van der Waals surface area contributed by atoms with Gasteiger partial charge in [-0.25, -0.2) is 4.98 Å². The van der Waals surface area contributed by atoms with Crippen LogP contribution in [-0.2, 0) is 0 Å². The number of halogens is 3. The second kappa shape index (κ2) is 3.36. The molecule has 0 atom stereocenters. The standard InChI is InChI=1S/C6H4BrClIN/c1-3-6(9)4(7)2-5(8)10-3/h2H,1H3. The highest BCUT2D eigenvalue weighted by Crippen LogP contribution is 2.23. The van der Waals surface area contributed by atoms with Crippen molar-refractivity contribution in [3.05, 3.63) is 25.0 Å². The number of aromatic nitrogens is 1. The van der Waals surface area contributed by atoms with Crippen LogP contribution >= 0.6 is 50.1 Å². The van der Waals surface area contributed by atoms with Crippen molar-refractivity contribution in [2.45, 2.75) is 6.92 Å². The minimum Gasteiger partial charge on any atom is -0.240 e. The van der Waals surface area contributed by atoms with E-state index in [1.54, 1.807) is 6.07 Å². The third-order valence-electron chi connectivity index (χ3n) is 1.05. The summed E-state index contributed by atoms with van der Waals surface area (Å²) in [7, 11) is 0. The molecule has 0 aliphatic carbocycles. The zero-order valence-electron chi connectivity index (χ0n) is 5.16. The number of aryl methyl sites for hydroxylation is 1. The number of rotatable bonds is 0. The van der Waals surface area contributed by atoms with Gasteiger partial charge in [0.1, 0.15) is 5.15 Å². The lowest BCUT2D eigenvalue weighted by atomic mass is 10.4. The molecular weight excluding hydrogens is 328 g/mol. The molecule has 1 heterocycles. The number of pyridine rings is 1. The van der Waals surface area contributed by atoms with Gasteiger partial charge in [-0.05, 0) is 51.5 Å². The highest BCUT2D eigenvalue weighted by Gasteiger charge is 2.01. The Hall–Kier alpha value is 0.650. The molecule has 0 amide bonds. The van der Waals surface area contributed by atoms with E-state index in [1.165, 1.54) is 0 Å². The second-order valence-electron chi connectivity index (χ2n) is 1.83. The van der Waals surface area contributed by atoms with E-state index >= 15 is 0 Å². The van der Waals surface area contributed by atoms with Gasteiger partial charge in [0.15, 0.2) is 0 Å². The van der Waals surface area contributed by atoms with Crippen LogP contribution in [0.3, 0.4) is 0 Å². The van der Waals surface area contributed by atoms with Gasteiger partial charge in [0.25, 0.3) is 0 Å². The first kappa shape index (κ1) is 8.74. The summed E-state index contributed by atoms with van der Waals surface area (Å²) >= 11 is 11.3. The first-order valence-electron chi connectivity index (χ1n) is 2.59. The molecule has 0 spiro atoms. The van der Waals surface area contributed by atoms with Gasteiger partial charge in [-0.15, -0.1) is 0 Å². The predicted octanol–water partition coefficient (Wildman–Crippen LogP) is 3.41. The van der Waals surface area contributed by atoms with Crippen molar-refractivity contribution >= 4 is 50.1 Å². The molecule has 1 rings (SSSR count). The fraction of sp³-hybridized carbons (Fsp3) is 0.167. The quantitative estimate of drug-likeness (QED) is 0.524. The minimum absolute atomic E-state index is 0.532. The van der Waals surface area contributed by atoms with Crippen LogP contribution in [0.4, 0.5) is 0 Å². The third kappa shape index (κ3) is 1.83. The fourth-order valence-electron chi connectivity index (χ4n) is 0.582. The van der Waals surface area contributed by atoms with E-state index in [9.17, 15) is 0 Å². The SMILES string of the molecule is Cc1nc(Cl)cc(Br)c1I. The predicted molar refractivity (Wildman–Crippen MR) is 54.4 cm³/mol. The smallest absolute Gasteiger partial charge is 0.130 e. The van der Waals surface area contributed by atoms with E-state index in [4.69, 9.17) is 11.6 Å². The van der Waals surface area contributed by atoms with Crippen LogP contribution < -0.4 is 0 Å². The van der Waals surface area contributed by atoms with Crippen LogP contribution in [0.15, 0.2) is 10.5 Å². The number of hydrogen-bond donors (Lipinski definition) is 0. The van der Waals surface area contributed by atoms with E-state index in [1.807, 2.05) is 6.92 Å². The van der Waals surface area contributed by atoms with Crippen molar-refractivity contribution in [3.8, 4) is 0 Å². The van der Waals surface area contributed by atoms with E-state index in [-0.39, 0.29) is 0 Å². The molecule has 0 aliphatic heterocycles. The van der Waals surface area contributed by atoms with E-state index in [2.05, 4.69) is 43.5 Å². The number of hydrogen-bond acceptors (Lipinski definition) is 1. The zero-order valence-corrected chi connectivity index (χ0v) is 9.66. The summed E-state index contributed by atoms with van der Waals surface area (Å²) in [4.78, 5) is 4.06. The molecule has 1 aromatic rings. The second-order valence-corrected chi connectivity index (χ2v) is 4.15. The maximum Gasteiger partial charge on any atom is 0.130 e. The Morgan fingerprint density at radius 1 is 1.70 bits per heavy atom. The lowest BCUT2D eigenvalue weighted by Crippen LogP contribution is -1.87. The largest absolute Gasteiger partial charge is 0.240 e. The lowest BCUT2D eigenvalue weighted by Gasteiger charge is -1.99. The maximum atomic E-state index is 5.68. The molecule has 0 aliphatic rings. The zero-order chi connectivity index (χ0) is 7.72. The van der Waals surface area contributed by atoms with Gasteiger partial charge in [-0.3, -0.25) is 0 Å². The van der Waals surface area contributed by atoms with Crippen LogP contribution in [0.5, 0.6) is 0 Å². The maximum absolute atomic E-state index is 5.68. The monoisotopic (exact) mass is 331 g/mol. The van der Waals surface area contributed by atoms with Crippen molar-refractivity contribution in [2.24, 2.45) is 0 Å². The molecular formula is C6H4BrClIN. The van der Waals surface area contributed by atoms with Crippen LogP contribution in [-0.4, -0.2) is 4.98 Å². The summed E-state index contributed by atoms with van der Waals surface area (Å²) in [6.45, 7) is 1.93. The van der Waals surface area contributed by atoms with E-state index < -0.39 is 0 Å². The molecule has 0 saturated carbocycles. The van der Waals surface area contributed by atoms with Crippen LogP contribution in [0.2, 0.25) is 5.15 Å². The van der Waals surface area contributed by atoms with E-state index in [0.29, 0.717) is 5.15 Å². The molecule has 0 N–H and O–H groups in total. The van der Waals surface area contributed by atoms with Crippen molar-refractivity contribution in [1.82, 2.24) is 4.98 Å². The van der Waals surface area contributed by atoms with Crippen LogP contribution in [0, 0.1) is 10.5 Å². The summed E-state index contributed by atoms with van der Waals surface area (Å²) < 4.78 is 2.12. The Labute approximate surface area is 86.4 Å². The van der Waals surface area contributed by atoms with Crippen molar-refractivity contribution in [1.29, 1.82) is 0 Å². The Bertz CT molecular complexity index is 241. The van der Waals surface area contributed by atoms with E-state index in [0.717, 1.165) is 13.7 Å².